The molecule has 0 saturated heterocycles. The van der Waals surface area contributed by atoms with Crippen molar-refractivity contribution in [3.05, 3.63) is 214 Å². The fourth-order valence-corrected chi connectivity index (χ4v) is 15.4. The molecule has 0 saturated carbocycles. The first-order chi connectivity index (χ1) is 63.9. The van der Waals surface area contributed by atoms with Crippen LogP contribution in [0.1, 0.15) is 225 Å². The molecule has 0 radical (unpaired) electrons. The molecule has 139 heavy (non-hydrogen) atoms. The van der Waals surface area contributed by atoms with Gasteiger partial charge in [-0.05, 0) is 278 Å². The summed E-state index contributed by atoms with van der Waals surface area (Å²) in [6.45, 7) is 55.6. The molecule has 0 bridgehead atoms. The van der Waals surface area contributed by atoms with Crippen molar-refractivity contribution in [2.24, 2.45) is 0 Å². The molecule has 0 aliphatic heterocycles. The van der Waals surface area contributed by atoms with E-state index in [2.05, 4.69) is 18.1 Å². The quantitative estimate of drug-likeness (QED) is 0.0126. The highest BCUT2D eigenvalue weighted by molar-refractivity contribution is 7.88. The van der Waals surface area contributed by atoms with Gasteiger partial charge >= 0.3 is 61.1 Å². The zero-order chi connectivity index (χ0) is 106. The van der Waals surface area contributed by atoms with Gasteiger partial charge in [0, 0.05) is 86.0 Å². The third kappa shape index (κ3) is 29.7. The molecule has 0 amide bonds. The Morgan fingerprint density at radius 3 is 0.906 bits per heavy atom. The van der Waals surface area contributed by atoms with Gasteiger partial charge in [0.1, 0.15) is 34.7 Å². The number of fused-ring (bicyclic) bond motifs is 5. The van der Waals surface area contributed by atoms with Gasteiger partial charge < -0.3 is 71.1 Å². The molecule has 26 nitrogen and oxygen atoms in total. The SMILES string of the molecule is CCOC(=O)[C@@H](OC(C)(C)C)c1c(C)c(F)c2cc(Cl)ccc2c1O.CCOC(=O)[C@@H](OC(C)(C)C)c1c(C)cc2cc(Cl)ccc2c1O.CCOC(=O)[C@@H](OC(C)(C)C)c1c(C)cc2cc(Cl)ccc2c1OS(=O)(=O)C(F)(F)F.[C-]#[N+]c1ccc2c(O)c([C@H](OC(C)(C)C)C(=O)OCC)c(C)c(F)c2c1.[C-]#[N+]c1ccc2c(OS(=O)(=O)C(F)(F)F)c([C@H](OC(C)(C)C)C(=O)OCC)c(C)c(F)c2c1. The predicted octanol–water partition coefficient (Wildman–Crippen LogP) is 25.9. The molecule has 0 aliphatic rings. The van der Waals surface area contributed by atoms with E-state index >= 15 is 4.39 Å². The van der Waals surface area contributed by atoms with Crippen LogP contribution in [0.15, 0.2) is 103 Å². The number of carbonyl (C=O) groups excluding carboxylic acids is 5. The van der Waals surface area contributed by atoms with Crippen LogP contribution in [-0.2, 0) is 91.6 Å². The minimum absolute atomic E-state index is 0.00429. The molecule has 0 fully saturated rings. The van der Waals surface area contributed by atoms with Crippen LogP contribution in [0.3, 0.4) is 0 Å². The highest BCUT2D eigenvalue weighted by Crippen LogP contribution is 2.50. The van der Waals surface area contributed by atoms with Gasteiger partial charge in [0.25, 0.3) is 0 Å². The highest BCUT2D eigenvalue weighted by Gasteiger charge is 2.52. The summed E-state index contributed by atoms with van der Waals surface area (Å²) in [7, 11) is -12.3. The molecule has 0 unspecified atom stereocenters. The van der Waals surface area contributed by atoms with E-state index in [-0.39, 0.29) is 132 Å². The highest BCUT2D eigenvalue weighted by atomic mass is 35.5. The third-order valence-corrected chi connectivity index (χ3v) is 22.0. The summed E-state index contributed by atoms with van der Waals surface area (Å²) in [6, 6.07) is 24.8. The summed E-state index contributed by atoms with van der Waals surface area (Å²) in [5, 5.41) is 35.2. The Balaban J connectivity index is 0.000000268. The van der Waals surface area contributed by atoms with E-state index in [0.717, 1.165) is 36.1 Å². The molecule has 10 aromatic carbocycles. The molecule has 10 aromatic rings. The number of alkyl halides is 6. The monoisotopic (exact) mass is 2050 g/mol. The largest absolute Gasteiger partial charge is 0.534 e. The zero-order valence-electron chi connectivity index (χ0n) is 80.9. The van der Waals surface area contributed by atoms with Gasteiger partial charge in [-0.2, -0.15) is 43.2 Å². The number of halogens is 12. The van der Waals surface area contributed by atoms with Gasteiger partial charge in [-0.3, -0.25) is 0 Å². The van der Waals surface area contributed by atoms with Crippen LogP contribution >= 0.6 is 34.8 Å². The summed E-state index contributed by atoms with van der Waals surface area (Å²) in [5.74, 6) is -8.10. The minimum atomic E-state index is -6.22. The van der Waals surface area contributed by atoms with E-state index in [9.17, 15) is 91.3 Å². The number of phenols is 3. The maximum absolute atomic E-state index is 15.3. The van der Waals surface area contributed by atoms with Crippen LogP contribution in [0, 0.1) is 65.2 Å². The second-order valence-corrected chi connectivity index (χ2v) is 40.2. The van der Waals surface area contributed by atoms with E-state index in [1.165, 1.54) is 97.0 Å². The molecule has 40 heteroatoms. The van der Waals surface area contributed by atoms with Crippen molar-refractivity contribution >= 4 is 150 Å². The number of rotatable bonds is 24. The molecule has 0 heterocycles. The molecule has 0 aliphatic carbocycles. The second-order valence-electron chi connectivity index (χ2n) is 35.9. The van der Waals surface area contributed by atoms with Crippen molar-refractivity contribution in [2.45, 2.75) is 243 Å². The molecular weight excluding hydrogens is 1940 g/mol. The lowest BCUT2D eigenvalue weighted by molar-refractivity contribution is -0.167. The number of hydrogen-bond acceptors (Lipinski definition) is 24. The van der Waals surface area contributed by atoms with Crippen molar-refractivity contribution in [3.63, 3.8) is 0 Å². The number of hydrogen-bond donors (Lipinski definition) is 3. The average molecular weight is 2050 g/mol. The first-order valence-electron chi connectivity index (χ1n) is 42.9. The van der Waals surface area contributed by atoms with Crippen LogP contribution < -0.4 is 8.37 Å². The van der Waals surface area contributed by atoms with E-state index in [0.29, 0.717) is 26.4 Å². The van der Waals surface area contributed by atoms with Crippen molar-refractivity contribution in [2.75, 3.05) is 33.0 Å². The Bertz CT molecular complexity index is 6610. The Morgan fingerprint density at radius 1 is 0.338 bits per heavy atom. The topological polar surface area (TPSA) is 334 Å². The van der Waals surface area contributed by atoms with E-state index in [1.807, 2.05) is 33.8 Å². The zero-order valence-corrected chi connectivity index (χ0v) is 84.8. The third-order valence-electron chi connectivity index (χ3n) is 19.4. The first kappa shape index (κ1) is 116. The van der Waals surface area contributed by atoms with Gasteiger partial charge in [-0.15, -0.1) is 0 Å². The Hall–Kier alpha value is -11.2. The van der Waals surface area contributed by atoms with Crippen molar-refractivity contribution < 1.29 is 151 Å². The van der Waals surface area contributed by atoms with Crippen molar-refractivity contribution in [1.29, 1.82) is 0 Å². The lowest BCUT2D eigenvalue weighted by atomic mass is 9.94. The summed E-state index contributed by atoms with van der Waals surface area (Å²) in [6.07, 6.45) is -6.87. The molecule has 756 valence electrons. The van der Waals surface area contributed by atoms with E-state index in [1.54, 1.807) is 120 Å². The fourth-order valence-electron chi connectivity index (χ4n) is 13.9. The maximum atomic E-state index is 15.3. The van der Waals surface area contributed by atoms with Crippen LogP contribution in [0.25, 0.3) is 63.6 Å². The van der Waals surface area contributed by atoms with Gasteiger partial charge in [0.2, 0.25) is 0 Å². The van der Waals surface area contributed by atoms with E-state index in [4.69, 9.17) is 95.3 Å². The molecule has 0 spiro atoms. The Labute approximate surface area is 815 Å². The van der Waals surface area contributed by atoms with Gasteiger partial charge in [-0.25, -0.2) is 46.8 Å². The number of esters is 5. The summed E-state index contributed by atoms with van der Waals surface area (Å²) >= 11 is 17.9. The Kier molecular flexibility index (Phi) is 38.9. The second kappa shape index (κ2) is 46.5. The molecule has 0 aromatic heterocycles. The summed E-state index contributed by atoms with van der Waals surface area (Å²) in [4.78, 5) is 69.1. The molecule has 10 rings (SSSR count). The number of benzene rings is 10. The number of nitrogens with zero attached hydrogens (tertiary/aromatic N) is 2. The summed E-state index contributed by atoms with van der Waals surface area (Å²) < 4.78 is 235. The first-order valence-corrected chi connectivity index (χ1v) is 46.8. The number of ether oxygens (including phenoxy) is 10. The van der Waals surface area contributed by atoms with Gasteiger partial charge in [0.15, 0.2) is 53.4 Å². The number of aryl methyl sites for hydroxylation is 2. The summed E-state index contributed by atoms with van der Waals surface area (Å²) in [5.41, 5.74) is -14.7. The number of carbonyl (C=O) groups is 5. The smallest absolute Gasteiger partial charge is 0.507 e. The molecular formula is C99H110Cl3F9N2O24S2. The van der Waals surface area contributed by atoms with Crippen molar-refractivity contribution in [1.82, 2.24) is 0 Å². The van der Waals surface area contributed by atoms with Crippen LogP contribution in [0.2, 0.25) is 15.1 Å². The normalized spacial score (nSPS) is 13.3. The maximum Gasteiger partial charge on any atom is 0.534 e. The van der Waals surface area contributed by atoms with Crippen LogP contribution in [-0.4, -0.2) is 134 Å². The standard InChI is InChI=1S/C21H21F4NO6S.C20H22ClF3O6S.C20H22FNO4.C19H22ClFO4.C19H23ClO4/c1-7-30-19(27)18(31-20(3,4)5)15-11(2)16(22)14-10-12(26-6)8-9-13(14)17(15)32-33(28,29)21(23,24)25;1-6-28-18(25)17(29-19(3,4)5)15-11(2)9-12-10-13(21)7-8-14(12)16(15)30-31(26,27)20(22,23)24;1-7-25-19(24)18(26-20(3,4)5)15-11(2)16(21)14-10-12(22-6)8-9-13(14)17(15)23;1-6-24-18(23)17(25-19(3,4)5)14-10(2)15(21)13-9-11(20)7-8-12(13)16(14)22;1-6-23-18(22)17(24-19(3,4)5)15-11(2)9-12-10-13(20)7-8-14(12)16(15)21/h8-10,18H,7H2,1-5H3;7-10,17H,6H2,1-5H3;8-10,18,23H,7H2,1-5H3;7-9,17,22H,6H2,1-5H3;7-10,17,21H,6H2,1-5H3/t18-;17-;18-;2*17-/m00000/s1. The predicted molar refractivity (Wildman–Crippen MR) is 508 cm³/mol. The average Bonchev–Trinajstić information content (AvgIpc) is 1.50. The lowest BCUT2D eigenvalue weighted by Crippen LogP contribution is -2.32. The van der Waals surface area contributed by atoms with Crippen molar-refractivity contribution in [3.8, 4) is 28.7 Å². The number of aromatic hydroxyl groups is 3. The van der Waals surface area contributed by atoms with Gasteiger partial charge in [-0.1, -0.05) is 71.2 Å². The molecule has 5 atom stereocenters. The fraction of sp³-hybridized carbons (Fsp3) is 0.424. The lowest BCUT2D eigenvalue weighted by Gasteiger charge is -2.29. The molecule has 3 N–H and O–H groups in total. The van der Waals surface area contributed by atoms with Crippen LogP contribution in [0.5, 0.6) is 28.7 Å². The van der Waals surface area contributed by atoms with E-state index < -0.39 is 165 Å². The minimum Gasteiger partial charge on any atom is -0.507 e. The Morgan fingerprint density at radius 2 is 0.583 bits per heavy atom. The van der Waals surface area contributed by atoms with Gasteiger partial charge in [0.05, 0.1) is 74.2 Å². The number of phenolic OH excluding ortho intramolecular Hbond substituents is 3. The van der Waals surface area contributed by atoms with Crippen LogP contribution in [0.4, 0.5) is 50.9 Å².